The van der Waals surface area contributed by atoms with Gasteiger partial charge in [0, 0.05) is 25.7 Å². The highest BCUT2D eigenvalue weighted by Crippen LogP contribution is 2.45. The van der Waals surface area contributed by atoms with E-state index in [0.717, 1.165) is 95.8 Å². The van der Waals surface area contributed by atoms with Crippen molar-refractivity contribution in [1.82, 2.24) is 0 Å². The lowest BCUT2D eigenvalue weighted by Crippen LogP contribution is -2.30. The summed E-state index contributed by atoms with van der Waals surface area (Å²) in [6, 6.07) is 0. The van der Waals surface area contributed by atoms with Crippen LogP contribution < -0.4 is 0 Å². The molecule has 0 rings (SSSR count). The standard InChI is InChI=1S/C82H160O17P2/c1-6-9-12-15-18-21-24-26-27-30-34-38-41-46-51-56-61-66-80(85)93-72-78(99-82(87)68-63-58-53-48-43-39-35-32-29-28-31-33-37-40-44-49-54-59-64-75(4)5)74-97-101(90,91)95-70-76(83)69-94-100(88,89)96-73-77(71-92-79(84)65-60-55-50-45-23-20-17-14-11-8-3)98-81(86)67-62-57-52-47-42-36-25-22-19-16-13-10-7-2/h75-78,83H,6-74H2,1-5H3,(H,88,89)(H,90,91)/t76-,77+,78+/m0/s1. The number of ether oxygens (including phenoxy) is 4. The normalized spacial score (nSPS) is 13.8. The Hall–Kier alpha value is -1.94. The molecule has 0 radical (unpaired) electrons. The summed E-state index contributed by atoms with van der Waals surface area (Å²) in [5.74, 6) is -1.28. The van der Waals surface area contributed by atoms with Gasteiger partial charge in [-0.3, -0.25) is 37.3 Å². The minimum atomic E-state index is -4.96. The van der Waals surface area contributed by atoms with Crippen LogP contribution >= 0.6 is 15.6 Å². The summed E-state index contributed by atoms with van der Waals surface area (Å²) in [5.41, 5.74) is 0. The number of unbranched alkanes of at least 4 members (excludes halogenated alkanes) is 54. The molecule has 2 unspecified atom stereocenters. The number of phosphoric ester groups is 2. The first-order chi connectivity index (χ1) is 49.0. The lowest BCUT2D eigenvalue weighted by molar-refractivity contribution is -0.161. The number of rotatable bonds is 82. The fourth-order valence-electron chi connectivity index (χ4n) is 12.8. The molecule has 3 N–H and O–H groups in total. The molecular weight excluding hydrogens is 1320 g/mol. The van der Waals surface area contributed by atoms with Crippen LogP contribution in [0.4, 0.5) is 0 Å². The first kappa shape index (κ1) is 99.1. The van der Waals surface area contributed by atoms with E-state index in [-0.39, 0.29) is 25.7 Å². The predicted octanol–water partition coefficient (Wildman–Crippen LogP) is 24.8. The number of esters is 4. The van der Waals surface area contributed by atoms with E-state index in [0.29, 0.717) is 25.7 Å². The summed E-state index contributed by atoms with van der Waals surface area (Å²) in [5, 5.41) is 10.6. The van der Waals surface area contributed by atoms with E-state index in [1.807, 2.05) is 0 Å². The maximum atomic E-state index is 13.1. The predicted molar refractivity (Wildman–Crippen MR) is 414 cm³/mol. The first-order valence-corrected chi connectivity index (χ1v) is 45.6. The minimum absolute atomic E-state index is 0.108. The van der Waals surface area contributed by atoms with Gasteiger partial charge in [0.05, 0.1) is 26.4 Å². The fourth-order valence-corrected chi connectivity index (χ4v) is 14.3. The molecule has 0 aromatic heterocycles. The summed E-state index contributed by atoms with van der Waals surface area (Å²) in [7, 11) is -9.92. The highest BCUT2D eigenvalue weighted by molar-refractivity contribution is 7.47. The second kappa shape index (κ2) is 74.9. The third-order valence-corrected chi connectivity index (χ3v) is 21.2. The smallest absolute Gasteiger partial charge is 0.462 e. The van der Waals surface area contributed by atoms with Crippen molar-refractivity contribution in [1.29, 1.82) is 0 Å². The molecule has 0 aromatic carbocycles. The van der Waals surface area contributed by atoms with Crippen LogP contribution in [0.15, 0.2) is 0 Å². The van der Waals surface area contributed by atoms with Gasteiger partial charge in [0.2, 0.25) is 0 Å². The van der Waals surface area contributed by atoms with Gasteiger partial charge in [0.1, 0.15) is 19.3 Å². The Morgan fingerprint density at radius 2 is 0.455 bits per heavy atom. The van der Waals surface area contributed by atoms with Crippen LogP contribution in [0.5, 0.6) is 0 Å². The molecule has 17 nitrogen and oxygen atoms in total. The molecule has 0 saturated carbocycles. The fraction of sp³-hybridized carbons (Fsp3) is 0.951. The molecule has 0 fully saturated rings. The van der Waals surface area contributed by atoms with Crippen LogP contribution in [-0.4, -0.2) is 96.7 Å². The number of aliphatic hydroxyl groups excluding tert-OH is 1. The van der Waals surface area contributed by atoms with Gasteiger partial charge in [-0.2, -0.15) is 0 Å². The lowest BCUT2D eigenvalue weighted by atomic mass is 10.0. The number of carbonyl (C=O) groups is 4. The van der Waals surface area contributed by atoms with Gasteiger partial charge in [0.25, 0.3) is 0 Å². The second-order valence-electron chi connectivity index (χ2n) is 30.0. The molecule has 0 amide bonds. The quantitative estimate of drug-likeness (QED) is 0.0222. The van der Waals surface area contributed by atoms with Gasteiger partial charge in [-0.1, -0.05) is 388 Å². The van der Waals surface area contributed by atoms with Crippen molar-refractivity contribution in [2.75, 3.05) is 39.6 Å². The number of hydrogen-bond donors (Lipinski definition) is 3. The Bertz CT molecular complexity index is 1930. The topological polar surface area (TPSA) is 237 Å². The monoisotopic (exact) mass is 1480 g/mol. The van der Waals surface area contributed by atoms with Gasteiger partial charge in [-0.15, -0.1) is 0 Å². The summed E-state index contributed by atoms with van der Waals surface area (Å²) >= 11 is 0. The molecule has 600 valence electrons. The molecule has 0 saturated heterocycles. The van der Waals surface area contributed by atoms with Gasteiger partial charge in [-0.25, -0.2) is 9.13 Å². The zero-order valence-electron chi connectivity index (χ0n) is 66.1. The summed E-state index contributed by atoms with van der Waals surface area (Å²) in [4.78, 5) is 73.0. The average molecular weight is 1480 g/mol. The van der Waals surface area contributed by atoms with E-state index in [2.05, 4.69) is 34.6 Å². The van der Waals surface area contributed by atoms with Crippen LogP contribution in [-0.2, 0) is 65.4 Å². The largest absolute Gasteiger partial charge is 0.472 e. The van der Waals surface area contributed by atoms with Crippen LogP contribution in [0.25, 0.3) is 0 Å². The van der Waals surface area contributed by atoms with Crippen LogP contribution in [0.3, 0.4) is 0 Å². The Labute approximate surface area is 619 Å². The van der Waals surface area contributed by atoms with Gasteiger partial charge < -0.3 is 33.8 Å². The van der Waals surface area contributed by atoms with Gasteiger partial charge in [0.15, 0.2) is 12.2 Å². The van der Waals surface area contributed by atoms with Crippen molar-refractivity contribution >= 4 is 39.5 Å². The van der Waals surface area contributed by atoms with Crippen molar-refractivity contribution in [3.05, 3.63) is 0 Å². The van der Waals surface area contributed by atoms with E-state index < -0.39 is 97.5 Å². The highest BCUT2D eigenvalue weighted by Gasteiger charge is 2.30. The molecule has 0 bridgehead atoms. The number of phosphoric acid groups is 2. The molecule has 0 heterocycles. The zero-order valence-corrected chi connectivity index (χ0v) is 67.8. The van der Waals surface area contributed by atoms with E-state index in [4.69, 9.17) is 37.0 Å². The van der Waals surface area contributed by atoms with E-state index in [1.54, 1.807) is 0 Å². The molecule has 0 aliphatic carbocycles. The second-order valence-corrected chi connectivity index (χ2v) is 32.9. The van der Waals surface area contributed by atoms with Crippen molar-refractivity contribution in [2.45, 2.75) is 457 Å². The molecule has 19 heteroatoms. The van der Waals surface area contributed by atoms with E-state index in [9.17, 15) is 43.2 Å². The number of carbonyl (C=O) groups excluding carboxylic acids is 4. The molecular formula is C82H160O17P2. The summed E-state index contributed by atoms with van der Waals surface area (Å²) < 4.78 is 68.7. The maximum absolute atomic E-state index is 13.1. The molecule has 0 aromatic rings. The average Bonchev–Trinajstić information content (AvgIpc) is 0.929. The molecule has 0 aliphatic heterocycles. The van der Waals surface area contributed by atoms with E-state index in [1.165, 1.54) is 263 Å². The molecule has 5 atom stereocenters. The number of aliphatic hydroxyl groups is 1. The third-order valence-electron chi connectivity index (χ3n) is 19.3. The Kier molecular flexibility index (Phi) is 73.5. The third kappa shape index (κ3) is 76.1. The zero-order chi connectivity index (χ0) is 74.1. The summed E-state index contributed by atoms with van der Waals surface area (Å²) in [6.07, 6.45) is 66.6. The van der Waals surface area contributed by atoms with Crippen LogP contribution in [0.1, 0.15) is 439 Å². The van der Waals surface area contributed by atoms with Gasteiger partial charge in [-0.05, 0) is 31.6 Å². The van der Waals surface area contributed by atoms with Crippen molar-refractivity contribution in [3.63, 3.8) is 0 Å². The Balaban J connectivity index is 5.21. The lowest BCUT2D eigenvalue weighted by Gasteiger charge is -2.21. The minimum Gasteiger partial charge on any atom is -0.462 e. The maximum Gasteiger partial charge on any atom is 0.472 e. The van der Waals surface area contributed by atoms with Crippen molar-refractivity contribution in [3.8, 4) is 0 Å². The summed E-state index contributed by atoms with van der Waals surface area (Å²) in [6.45, 7) is 7.37. The number of hydrogen-bond acceptors (Lipinski definition) is 15. The van der Waals surface area contributed by atoms with Crippen molar-refractivity contribution < 1.29 is 80.2 Å². The molecule has 101 heavy (non-hydrogen) atoms. The van der Waals surface area contributed by atoms with E-state index >= 15 is 0 Å². The van der Waals surface area contributed by atoms with Crippen molar-refractivity contribution in [2.24, 2.45) is 5.92 Å². The molecule has 0 aliphatic rings. The van der Waals surface area contributed by atoms with Crippen LogP contribution in [0, 0.1) is 5.92 Å². The first-order valence-electron chi connectivity index (χ1n) is 42.6. The SMILES string of the molecule is CCCCCCCCCCCCCCCCCCCC(=O)OC[C@H](COP(=O)(O)OC[C@@H](O)COP(=O)(O)OC[C@@H](COC(=O)CCCCCCCCCCCC)OC(=O)CCCCCCCCCCCCCCC)OC(=O)CCCCCCCCCCCCCCCCCCCCC(C)C. The highest BCUT2D eigenvalue weighted by atomic mass is 31.2. The Morgan fingerprint density at radius 3 is 0.673 bits per heavy atom. The Morgan fingerprint density at radius 1 is 0.267 bits per heavy atom. The van der Waals surface area contributed by atoms with Gasteiger partial charge >= 0.3 is 39.5 Å². The van der Waals surface area contributed by atoms with Crippen LogP contribution in [0.2, 0.25) is 0 Å². The molecule has 0 spiro atoms.